The fourth-order valence-corrected chi connectivity index (χ4v) is 2.80. The lowest BCUT2D eigenvalue weighted by molar-refractivity contribution is -0.137. The molecular weight excluding hydrogens is 386 g/mol. The van der Waals surface area contributed by atoms with E-state index in [1.54, 1.807) is 24.3 Å². The van der Waals surface area contributed by atoms with Gasteiger partial charge in [-0.1, -0.05) is 35.3 Å². The summed E-state index contributed by atoms with van der Waals surface area (Å²) in [6, 6.07) is 10.1. The molecule has 24 heavy (non-hydrogen) atoms. The van der Waals surface area contributed by atoms with E-state index in [2.05, 4.69) is 10.1 Å². The number of aromatic nitrogens is 3. The predicted molar refractivity (Wildman–Crippen MR) is 86.8 cm³/mol. The van der Waals surface area contributed by atoms with E-state index >= 15 is 0 Å². The van der Waals surface area contributed by atoms with Crippen LogP contribution in [0, 0.1) is 0 Å². The van der Waals surface area contributed by atoms with Crippen molar-refractivity contribution in [1.29, 1.82) is 0 Å². The van der Waals surface area contributed by atoms with Crippen LogP contribution in [0.5, 0.6) is 0 Å². The normalized spacial score (nSPS) is 11.8. The molecule has 0 unspecified atom stereocenters. The molecule has 0 spiro atoms. The Morgan fingerprint density at radius 3 is 2.25 bits per heavy atom. The Morgan fingerprint density at radius 2 is 1.62 bits per heavy atom. The summed E-state index contributed by atoms with van der Waals surface area (Å²) in [7, 11) is 0. The van der Waals surface area contributed by atoms with Crippen molar-refractivity contribution in [2.75, 3.05) is 0 Å². The topological polar surface area (TPSA) is 30.7 Å². The Balaban J connectivity index is 2.06. The van der Waals surface area contributed by atoms with Gasteiger partial charge in [0.05, 0.1) is 21.3 Å². The zero-order chi connectivity index (χ0) is 17.5. The molecule has 3 rings (SSSR count). The second kappa shape index (κ2) is 6.27. The van der Waals surface area contributed by atoms with Crippen LogP contribution in [0.3, 0.4) is 0 Å². The van der Waals surface area contributed by atoms with Crippen LogP contribution in [0.15, 0.2) is 42.5 Å². The largest absolute Gasteiger partial charge is 0.417 e. The molecule has 0 bridgehead atoms. The van der Waals surface area contributed by atoms with Crippen molar-refractivity contribution in [2.24, 2.45) is 0 Å². The molecule has 0 aliphatic heterocycles. The maximum atomic E-state index is 12.8. The van der Waals surface area contributed by atoms with Gasteiger partial charge in [0.15, 0.2) is 5.82 Å². The van der Waals surface area contributed by atoms with Crippen molar-refractivity contribution in [2.45, 2.75) is 6.18 Å². The highest BCUT2D eigenvalue weighted by molar-refractivity contribution is 6.33. The number of benzene rings is 2. The quantitative estimate of drug-likeness (QED) is 0.542. The molecule has 0 fully saturated rings. The van der Waals surface area contributed by atoms with Crippen LogP contribution in [-0.4, -0.2) is 14.8 Å². The van der Waals surface area contributed by atoms with Crippen molar-refractivity contribution in [3.8, 4) is 17.1 Å². The third-order valence-corrected chi connectivity index (χ3v) is 4.07. The Kier molecular flexibility index (Phi) is 4.46. The Hall–Kier alpha value is -1.76. The maximum absolute atomic E-state index is 12.8. The molecule has 0 aliphatic carbocycles. The van der Waals surface area contributed by atoms with Gasteiger partial charge in [-0.2, -0.15) is 18.2 Å². The summed E-state index contributed by atoms with van der Waals surface area (Å²) in [5.74, 6) is 0.252. The number of hydrogen-bond acceptors (Lipinski definition) is 2. The van der Waals surface area contributed by atoms with Gasteiger partial charge in [-0.3, -0.25) is 0 Å². The number of nitrogens with zero attached hydrogens (tertiary/aromatic N) is 3. The van der Waals surface area contributed by atoms with Crippen LogP contribution >= 0.6 is 34.8 Å². The molecule has 0 amide bonds. The van der Waals surface area contributed by atoms with E-state index in [1.165, 1.54) is 10.7 Å². The van der Waals surface area contributed by atoms with E-state index in [1.807, 2.05) is 0 Å². The first-order chi connectivity index (χ1) is 11.3. The van der Waals surface area contributed by atoms with E-state index in [0.717, 1.165) is 12.1 Å². The zero-order valence-corrected chi connectivity index (χ0v) is 13.9. The maximum Gasteiger partial charge on any atom is 0.417 e. The molecule has 0 atom stereocenters. The van der Waals surface area contributed by atoms with Crippen LogP contribution in [0.4, 0.5) is 13.2 Å². The van der Waals surface area contributed by atoms with E-state index in [4.69, 9.17) is 34.8 Å². The third kappa shape index (κ3) is 3.22. The van der Waals surface area contributed by atoms with Gasteiger partial charge >= 0.3 is 6.18 Å². The van der Waals surface area contributed by atoms with Crippen molar-refractivity contribution >= 4 is 34.8 Å². The summed E-state index contributed by atoms with van der Waals surface area (Å²) in [6.45, 7) is 0. The minimum Gasteiger partial charge on any atom is -0.203 e. The molecule has 3 nitrogen and oxygen atoms in total. The second-order valence-corrected chi connectivity index (χ2v) is 5.91. The van der Waals surface area contributed by atoms with Crippen molar-refractivity contribution in [1.82, 2.24) is 14.8 Å². The number of alkyl halides is 3. The number of halogens is 6. The lowest BCUT2D eigenvalue weighted by Crippen LogP contribution is -2.07. The average Bonchev–Trinajstić information content (AvgIpc) is 2.88. The van der Waals surface area contributed by atoms with Gasteiger partial charge in [-0.15, -0.1) is 5.10 Å². The van der Waals surface area contributed by atoms with Crippen LogP contribution in [-0.2, 0) is 6.18 Å². The van der Waals surface area contributed by atoms with Gasteiger partial charge in [0.25, 0.3) is 0 Å². The summed E-state index contributed by atoms with van der Waals surface area (Å²) < 4.78 is 39.5. The molecule has 9 heteroatoms. The highest BCUT2D eigenvalue weighted by Gasteiger charge is 2.33. The Bertz CT molecular complexity index is 906. The lowest BCUT2D eigenvalue weighted by Gasteiger charge is -2.10. The van der Waals surface area contributed by atoms with E-state index in [9.17, 15) is 13.2 Å². The van der Waals surface area contributed by atoms with Crippen molar-refractivity contribution in [3.05, 3.63) is 63.4 Å². The summed E-state index contributed by atoms with van der Waals surface area (Å²) in [6.07, 6.45) is -4.54. The molecule has 0 radical (unpaired) electrons. The van der Waals surface area contributed by atoms with E-state index < -0.39 is 16.8 Å². The highest BCUT2D eigenvalue weighted by atomic mass is 35.5. The van der Waals surface area contributed by atoms with Gasteiger partial charge in [0.2, 0.25) is 5.28 Å². The molecule has 0 aliphatic rings. The number of hydrogen-bond donors (Lipinski definition) is 0. The van der Waals surface area contributed by atoms with Gasteiger partial charge in [-0.25, -0.2) is 4.68 Å². The molecule has 3 aromatic rings. The summed E-state index contributed by atoms with van der Waals surface area (Å²) in [4.78, 5) is 4.09. The first-order valence-electron chi connectivity index (χ1n) is 6.52. The number of rotatable bonds is 2. The molecule has 0 N–H and O–H groups in total. The summed E-state index contributed by atoms with van der Waals surface area (Å²) in [5.41, 5.74) is -0.128. The first kappa shape index (κ1) is 17.1. The van der Waals surface area contributed by atoms with Crippen LogP contribution < -0.4 is 0 Å². The minimum atomic E-state index is -4.54. The standard InChI is InChI=1S/C15H7Cl3F3N3/c16-11-4-2-1-3-9(11)13-22-14(18)24(23-13)8-5-6-10(12(17)7-8)15(19,20)21/h1-7H. The van der Waals surface area contributed by atoms with E-state index in [-0.39, 0.29) is 16.8 Å². The summed E-state index contributed by atoms with van der Waals surface area (Å²) >= 11 is 17.8. The van der Waals surface area contributed by atoms with Gasteiger partial charge < -0.3 is 0 Å². The highest BCUT2D eigenvalue weighted by Crippen LogP contribution is 2.36. The van der Waals surface area contributed by atoms with Crippen LogP contribution in [0.1, 0.15) is 5.56 Å². The van der Waals surface area contributed by atoms with Gasteiger partial charge in [0.1, 0.15) is 0 Å². The SMILES string of the molecule is FC(F)(F)c1ccc(-n2nc(-c3ccccc3Cl)nc2Cl)cc1Cl. The van der Waals surface area contributed by atoms with Gasteiger partial charge in [-0.05, 0) is 41.9 Å². The lowest BCUT2D eigenvalue weighted by atomic mass is 10.2. The monoisotopic (exact) mass is 391 g/mol. The Morgan fingerprint density at radius 1 is 0.917 bits per heavy atom. The molecular formula is C15H7Cl3F3N3. The van der Waals surface area contributed by atoms with Crippen molar-refractivity contribution in [3.63, 3.8) is 0 Å². The van der Waals surface area contributed by atoms with Crippen molar-refractivity contribution < 1.29 is 13.2 Å². The molecule has 124 valence electrons. The fraction of sp³-hybridized carbons (Fsp3) is 0.0667. The fourth-order valence-electron chi connectivity index (χ4n) is 2.08. The first-order valence-corrected chi connectivity index (χ1v) is 7.65. The van der Waals surface area contributed by atoms with Crippen LogP contribution in [0.2, 0.25) is 15.3 Å². The predicted octanol–water partition coefficient (Wildman–Crippen LogP) is 5.91. The molecule has 1 aromatic heterocycles. The van der Waals surface area contributed by atoms with E-state index in [0.29, 0.717) is 10.6 Å². The second-order valence-electron chi connectivity index (χ2n) is 4.76. The minimum absolute atomic E-state index is 0.0271. The molecule has 0 saturated carbocycles. The Labute approximate surface area is 149 Å². The third-order valence-electron chi connectivity index (χ3n) is 3.19. The zero-order valence-electron chi connectivity index (χ0n) is 11.7. The van der Waals surface area contributed by atoms with Gasteiger partial charge in [0, 0.05) is 5.56 Å². The molecule has 0 saturated heterocycles. The molecule has 2 aromatic carbocycles. The molecule has 1 heterocycles. The smallest absolute Gasteiger partial charge is 0.203 e. The summed E-state index contributed by atoms with van der Waals surface area (Å²) in [5, 5.41) is 4.14. The average molecular weight is 393 g/mol. The van der Waals surface area contributed by atoms with Crippen LogP contribution in [0.25, 0.3) is 17.1 Å².